The van der Waals surface area contributed by atoms with E-state index in [9.17, 15) is 0 Å². The van der Waals surface area contributed by atoms with Crippen molar-refractivity contribution in [1.29, 1.82) is 0 Å². The molecule has 0 N–H and O–H groups in total. The number of hydrogen-bond acceptors (Lipinski definition) is 4. The maximum Gasteiger partial charge on any atom is 0.412 e. The van der Waals surface area contributed by atoms with Crippen LogP contribution < -0.4 is 0 Å². The van der Waals surface area contributed by atoms with Gasteiger partial charge in [-0.2, -0.15) is 0 Å². The lowest BCUT2D eigenvalue weighted by Gasteiger charge is -2.34. The van der Waals surface area contributed by atoms with Crippen molar-refractivity contribution in [3.8, 4) is 0 Å². The summed E-state index contributed by atoms with van der Waals surface area (Å²) in [6.07, 6.45) is -0.330. The van der Waals surface area contributed by atoms with E-state index in [2.05, 4.69) is 0 Å². The summed E-state index contributed by atoms with van der Waals surface area (Å²) >= 11 is 0. The molecule has 0 bridgehead atoms. The first kappa shape index (κ1) is 9.92. The molecule has 0 amide bonds. The van der Waals surface area contributed by atoms with Gasteiger partial charge in [0.15, 0.2) is 0 Å². The average molecular weight is 176 g/mol. The normalized spacial score (nSPS) is 22.5. The first-order valence-electron chi connectivity index (χ1n) is 4.39. The molecular formula is C8H16O4. The van der Waals surface area contributed by atoms with Crippen molar-refractivity contribution in [2.24, 2.45) is 0 Å². The lowest BCUT2D eigenvalue weighted by molar-refractivity contribution is -0.510. The van der Waals surface area contributed by atoms with Gasteiger partial charge in [0, 0.05) is 0 Å². The molecule has 1 rings (SSSR count). The maximum absolute atomic E-state index is 5.28. The summed E-state index contributed by atoms with van der Waals surface area (Å²) in [5, 5.41) is 0. The molecule has 0 radical (unpaired) electrons. The molecule has 72 valence electrons. The van der Waals surface area contributed by atoms with E-state index in [0.717, 1.165) is 6.42 Å². The summed E-state index contributed by atoms with van der Waals surface area (Å²) in [5.74, 6) is 0. The zero-order chi connectivity index (χ0) is 8.86. The van der Waals surface area contributed by atoms with Gasteiger partial charge in [-0.3, -0.25) is 0 Å². The van der Waals surface area contributed by atoms with Crippen LogP contribution in [-0.4, -0.2) is 32.6 Å². The van der Waals surface area contributed by atoms with E-state index in [-0.39, 0.29) is 0 Å². The second-order valence-corrected chi connectivity index (χ2v) is 2.42. The molecule has 4 heteroatoms. The van der Waals surface area contributed by atoms with Crippen molar-refractivity contribution >= 4 is 0 Å². The third-order valence-electron chi connectivity index (χ3n) is 1.49. The predicted molar refractivity (Wildman–Crippen MR) is 42.5 cm³/mol. The zero-order valence-electron chi connectivity index (χ0n) is 7.67. The quantitative estimate of drug-likeness (QED) is 0.601. The second kappa shape index (κ2) is 4.77. The minimum atomic E-state index is -1.22. The molecule has 1 saturated heterocycles. The Labute approximate surface area is 72.7 Å². The van der Waals surface area contributed by atoms with E-state index in [1.807, 2.05) is 13.8 Å². The molecule has 0 aromatic heterocycles. The van der Waals surface area contributed by atoms with Crippen molar-refractivity contribution < 1.29 is 18.9 Å². The van der Waals surface area contributed by atoms with Crippen LogP contribution in [0.15, 0.2) is 0 Å². The van der Waals surface area contributed by atoms with Crippen LogP contribution in [0.2, 0.25) is 0 Å². The summed E-state index contributed by atoms with van der Waals surface area (Å²) in [4.78, 5) is 0. The van der Waals surface area contributed by atoms with E-state index in [1.54, 1.807) is 0 Å². The first-order valence-corrected chi connectivity index (χ1v) is 4.39. The van der Waals surface area contributed by atoms with Gasteiger partial charge in [0.1, 0.15) is 0 Å². The van der Waals surface area contributed by atoms with Crippen molar-refractivity contribution in [3.05, 3.63) is 0 Å². The number of hydrogen-bond donors (Lipinski definition) is 0. The summed E-state index contributed by atoms with van der Waals surface area (Å²) in [7, 11) is 0. The molecule has 0 aliphatic carbocycles. The molecule has 1 aliphatic rings. The van der Waals surface area contributed by atoms with Crippen molar-refractivity contribution in [2.75, 3.05) is 26.4 Å². The third-order valence-corrected chi connectivity index (χ3v) is 1.49. The minimum Gasteiger partial charge on any atom is -0.304 e. The van der Waals surface area contributed by atoms with Gasteiger partial charge < -0.3 is 18.9 Å². The Bertz CT molecular complexity index is 105. The van der Waals surface area contributed by atoms with Crippen LogP contribution in [-0.2, 0) is 18.9 Å². The average Bonchev–Trinajstić information content (AvgIpc) is 2.07. The molecule has 0 saturated carbocycles. The van der Waals surface area contributed by atoms with Crippen LogP contribution >= 0.6 is 0 Å². The Balaban J connectivity index is 2.44. The van der Waals surface area contributed by atoms with Crippen LogP contribution in [0.5, 0.6) is 0 Å². The molecule has 4 nitrogen and oxygen atoms in total. The number of ether oxygens (including phenoxy) is 4. The van der Waals surface area contributed by atoms with Gasteiger partial charge in [-0.15, -0.1) is 0 Å². The third kappa shape index (κ3) is 2.42. The Morgan fingerprint density at radius 1 is 1.08 bits per heavy atom. The zero-order valence-corrected chi connectivity index (χ0v) is 7.67. The Kier molecular flexibility index (Phi) is 3.94. The van der Waals surface area contributed by atoms with Crippen molar-refractivity contribution in [3.63, 3.8) is 0 Å². The Hall–Kier alpha value is -0.160. The summed E-state index contributed by atoms with van der Waals surface area (Å²) in [6.45, 7) is 6.03. The highest BCUT2D eigenvalue weighted by Crippen LogP contribution is 2.21. The molecule has 0 atom stereocenters. The standard InChI is InChI=1S/C8H16O4/c1-3-9-8(10-4-2)11-6-5-7-12-8/h3-7H2,1-2H3. The van der Waals surface area contributed by atoms with E-state index in [0.29, 0.717) is 26.4 Å². The van der Waals surface area contributed by atoms with Gasteiger partial charge in [-0.25, -0.2) is 0 Å². The molecule has 0 aromatic rings. The molecule has 1 aliphatic heterocycles. The van der Waals surface area contributed by atoms with Gasteiger partial charge in [0.05, 0.1) is 26.4 Å². The SMILES string of the molecule is CCOC1(OCC)OCCCO1. The van der Waals surface area contributed by atoms with Gasteiger partial charge in [0.25, 0.3) is 0 Å². The van der Waals surface area contributed by atoms with Crippen LogP contribution in [0.1, 0.15) is 20.3 Å². The molecule has 0 spiro atoms. The minimum absolute atomic E-state index is 0.514. The van der Waals surface area contributed by atoms with Gasteiger partial charge in [0.2, 0.25) is 0 Å². The monoisotopic (exact) mass is 176 g/mol. The van der Waals surface area contributed by atoms with Crippen molar-refractivity contribution in [1.82, 2.24) is 0 Å². The van der Waals surface area contributed by atoms with Crippen molar-refractivity contribution in [2.45, 2.75) is 26.4 Å². The molecule has 12 heavy (non-hydrogen) atoms. The fraction of sp³-hybridized carbons (Fsp3) is 1.00. The smallest absolute Gasteiger partial charge is 0.304 e. The summed E-state index contributed by atoms with van der Waals surface area (Å²) in [6, 6.07) is 0. The molecule has 0 unspecified atom stereocenters. The van der Waals surface area contributed by atoms with E-state index in [4.69, 9.17) is 18.9 Å². The highest BCUT2D eigenvalue weighted by atomic mass is 17.0. The van der Waals surface area contributed by atoms with Gasteiger partial charge in [-0.05, 0) is 20.3 Å². The lowest BCUT2D eigenvalue weighted by atomic mass is 10.5. The highest BCUT2D eigenvalue weighted by Gasteiger charge is 2.37. The van der Waals surface area contributed by atoms with Crippen LogP contribution in [0.3, 0.4) is 0 Å². The van der Waals surface area contributed by atoms with Gasteiger partial charge >= 0.3 is 6.16 Å². The molecule has 0 aromatic carbocycles. The molecular weight excluding hydrogens is 160 g/mol. The first-order chi connectivity index (χ1) is 5.83. The molecule has 1 heterocycles. The van der Waals surface area contributed by atoms with E-state index >= 15 is 0 Å². The van der Waals surface area contributed by atoms with Gasteiger partial charge in [-0.1, -0.05) is 0 Å². The number of rotatable bonds is 4. The fourth-order valence-corrected chi connectivity index (χ4v) is 1.06. The predicted octanol–water partition coefficient (Wildman–Crippen LogP) is 1.11. The topological polar surface area (TPSA) is 36.9 Å². The second-order valence-electron chi connectivity index (χ2n) is 2.42. The van der Waals surface area contributed by atoms with E-state index < -0.39 is 6.16 Å². The van der Waals surface area contributed by atoms with E-state index in [1.165, 1.54) is 0 Å². The maximum atomic E-state index is 5.28. The largest absolute Gasteiger partial charge is 0.412 e. The summed E-state index contributed by atoms with van der Waals surface area (Å²) in [5.41, 5.74) is 0. The summed E-state index contributed by atoms with van der Waals surface area (Å²) < 4.78 is 21.0. The van der Waals surface area contributed by atoms with Crippen LogP contribution in [0, 0.1) is 0 Å². The lowest BCUT2D eigenvalue weighted by Crippen LogP contribution is -2.45. The highest BCUT2D eigenvalue weighted by molar-refractivity contribution is 4.49. The fourth-order valence-electron chi connectivity index (χ4n) is 1.06. The Morgan fingerprint density at radius 3 is 2.00 bits per heavy atom. The van der Waals surface area contributed by atoms with Crippen LogP contribution in [0.25, 0.3) is 0 Å². The Morgan fingerprint density at radius 2 is 1.58 bits per heavy atom. The van der Waals surface area contributed by atoms with Crippen LogP contribution in [0.4, 0.5) is 0 Å². The molecule has 1 fully saturated rings.